The Balaban J connectivity index is 1.19. The van der Waals surface area contributed by atoms with Gasteiger partial charge in [-0.25, -0.2) is 0 Å². The van der Waals surface area contributed by atoms with Crippen molar-refractivity contribution in [1.82, 2.24) is 10.2 Å². The monoisotopic (exact) mass is 494 g/mol. The smallest absolute Gasteiger partial charge is 0.262 e. The van der Waals surface area contributed by atoms with Crippen molar-refractivity contribution in [3.05, 3.63) is 59.7 Å². The number of carbonyl (C=O) groups is 3. The zero-order chi connectivity index (χ0) is 24.6. The van der Waals surface area contributed by atoms with Gasteiger partial charge in [0, 0.05) is 30.8 Å². The Labute approximate surface area is 209 Å². The topological polar surface area (TPSA) is 100 Å². The molecule has 9 heteroatoms. The van der Waals surface area contributed by atoms with E-state index in [4.69, 9.17) is 4.74 Å². The van der Waals surface area contributed by atoms with Crippen LogP contribution in [-0.4, -0.2) is 59.3 Å². The summed E-state index contributed by atoms with van der Waals surface area (Å²) < 4.78 is 5.64. The van der Waals surface area contributed by atoms with Gasteiger partial charge in [-0.2, -0.15) is 4.99 Å². The van der Waals surface area contributed by atoms with Gasteiger partial charge in [0.1, 0.15) is 17.6 Å². The van der Waals surface area contributed by atoms with Crippen LogP contribution in [0, 0.1) is 6.92 Å². The number of thioether (sulfide) groups is 1. The molecule has 3 amide bonds. The first-order valence-corrected chi connectivity index (χ1v) is 12.8. The molecule has 4 rings (SSSR count). The fourth-order valence-electron chi connectivity index (χ4n) is 3.96. The maximum absolute atomic E-state index is 12.5. The first-order valence-electron chi connectivity index (χ1n) is 11.9. The highest BCUT2D eigenvalue weighted by Gasteiger charge is 2.33. The molecule has 1 saturated heterocycles. The third kappa shape index (κ3) is 7.08. The molecule has 184 valence electrons. The van der Waals surface area contributed by atoms with Crippen LogP contribution in [0.1, 0.15) is 41.6 Å². The quantitative estimate of drug-likeness (QED) is 0.544. The zero-order valence-electron chi connectivity index (χ0n) is 19.8. The summed E-state index contributed by atoms with van der Waals surface area (Å²) in [7, 11) is 0. The fraction of sp³-hybridized carbons (Fsp3) is 0.385. The summed E-state index contributed by atoms with van der Waals surface area (Å²) in [6.07, 6.45) is 3.48. The van der Waals surface area contributed by atoms with E-state index in [9.17, 15) is 14.4 Å². The lowest BCUT2D eigenvalue weighted by Gasteiger charge is -2.27. The standard InChI is InChI=1S/C26H30N4O4S/c1-18-6-5-7-21(16-18)34-15-12-27-24(32)19-8-10-20(11-9-19)28-23(31)17-22-25(33)29-26(35-22)30-13-3-2-4-14-30/h5-11,16,22H,2-4,12-15,17H2,1H3,(H,27,32)(H,28,31). The number of amides is 3. The van der Waals surface area contributed by atoms with Crippen LogP contribution in [0.2, 0.25) is 0 Å². The molecule has 35 heavy (non-hydrogen) atoms. The number of aliphatic imine (C=N–C) groups is 1. The zero-order valence-corrected chi connectivity index (χ0v) is 20.6. The molecule has 8 nitrogen and oxygen atoms in total. The molecule has 0 saturated carbocycles. The van der Waals surface area contributed by atoms with Gasteiger partial charge < -0.3 is 20.3 Å². The van der Waals surface area contributed by atoms with Gasteiger partial charge >= 0.3 is 0 Å². The van der Waals surface area contributed by atoms with Gasteiger partial charge in [0.15, 0.2) is 5.17 Å². The number of benzene rings is 2. The van der Waals surface area contributed by atoms with Crippen LogP contribution < -0.4 is 15.4 Å². The number of nitrogens with zero attached hydrogens (tertiary/aromatic N) is 2. The van der Waals surface area contributed by atoms with Crippen LogP contribution in [0.15, 0.2) is 53.5 Å². The first-order chi connectivity index (χ1) is 17.0. The normalized spacial score (nSPS) is 17.6. The Bertz CT molecular complexity index is 1100. The van der Waals surface area contributed by atoms with Gasteiger partial charge in [0.2, 0.25) is 5.91 Å². The highest BCUT2D eigenvalue weighted by Crippen LogP contribution is 2.29. The van der Waals surface area contributed by atoms with E-state index >= 15 is 0 Å². The molecule has 1 atom stereocenters. The van der Waals surface area contributed by atoms with E-state index in [1.807, 2.05) is 31.2 Å². The van der Waals surface area contributed by atoms with Crippen molar-refractivity contribution in [2.75, 3.05) is 31.6 Å². The number of nitrogens with one attached hydrogen (secondary N) is 2. The highest BCUT2D eigenvalue weighted by molar-refractivity contribution is 8.15. The van der Waals surface area contributed by atoms with E-state index < -0.39 is 5.25 Å². The Kier molecular flexibility index (Phi) is 8.41. The van der Waals surface area contributed by atoms with Crippen molar-refractivity contribution in [2.45, 2.75) is 37.9 Å². The Morgan fingerprint density at radius 3 is 2.63 bits per heavy atom. The average Bonchev–Trinajstić information content (AvgIpc) is 3.22. The number of piperidine rings is 1. The summed E-state index contributed by atoms with van der Waals surface area (Å²) in [4.78, 5) is 43.4. The molecule has 0 radical (unpaired) electrons. The minimum atomic E-state index is -0.487. The van der Waals surface area contributed by atoms with Crippen molar-refractivity contribution >= 4 is 40.3 Å². The summed E-state index contributed by atoms with van der Waals surface area (Å²) in [5.41, 5.74) is 2.17. The average molecular weight is 495 g/mol. The summed E-state index contributed by atoms with van der Waals surface area (Å²) in [5.74, 6) is 0.0537. The van der Waals surface area contributed by atoms with Crippen molar-refractivity contribution in [3.63, 3.8) is 0 Å². The molecule has 0 aromatic heterocycles. The SMILES string of the molecule is Cc1cccc(OCCNC(=O)c2ccc(NC(=O)CC3SC(N4CCCCC4)=NC3=O)cc2)c1. The summed E-state index contributed by atoms with van der Waals surface area (Å²) in [6, 6.07) is 14.4. The Morgan fingerprint density at radius 1 is 1.11 bits per heavy atom. The molecule has 1 unspecified atom stereocenters. The second kappa shape index (κ2) is 11.9. The summed E-state index contributed by atoms with van der Waals surface area (Å²) in [5, 5.41) is 5.88. The maximum Gasteiger partial charge on any atom is 0.262 e. The number of amidine groups is 1. The van der Waals surface area contributed by atoms with E-state index in [0.717, 1.165) is 42.4 Å². The molecule has 2 aliphatic heterocycles. The lowest BCUT2D eigenvalue weighted by atomic mass is 10.1. The number of ether oxygens (including phenoxy) is 1. The predicted molar refractivity (Wildman–Crippen MR) is 138 cm³/mol. The van der Waals surface area contributed by atoms with Crippen LogP contribution in [0.5, 0.6) is 5.75 Å². The Morgan fingerprint density at radius 2 is 1.89 bits per heavy atom. The molecule has 0 spiro atoms. The van der Waals surface area contributed by atoms with Gasteiger partial charge in [0.25, 0.3) is 11.8 Å². The molecular weight excluding hydrogens is 464 g/mol. The van der Waals surface area contributed by atoms with Crippen molar-refractivity contribution in [2.24, 2.45) is 4.99 Å². The van der Waals surface area contributed by atoms with Crippen LogP contribution in [-0.2, 0) is 9.59 Å². The number of hydrogen-bond donors (Lipinski definition) is 2. The summed E-state index contributed by atoms with van der Waals surface area (Å²) in [6.45, 7) is 4.56. The number of anilines is 1. The minimum Gasteiger partial charge on any atom is -0.492 e. The molecule has 2 aromatic rings. The van der Waals surface area contributed by atoms with Crippen LogP contribution in [0.4, 0.5) is 5.69 Å². The number of rotatable bonds is 8. The molecule has 0 bridgehead atoms. The number of carbonyl (C=O) groups excluding carboxylic acids is 3. The maximum atomic E-state index is 12.5. The van der Waals surface area contributed by atoms with Gasteiger partial charge in [-0.1, -0.05) is 23.9 Å². The third-order valence-electron chi connectivity index (χ3n) is 5.80. The number of aryl methyl sites for hydroxylation is 1. The summed E-state index contributed by atoms with van der Waals surface area (Å²) >= 11 is 1.38. The largest absolute Gasteiger partial charge is 0.492 e. The second-order valence-corrected chi connectivity index (χ2v) is 9.81. The van der Waals surface area contributed by atoms with Crippen LogP contribution >= 0.6 is 11.8 Å². The van der Waals surface area contributed by atoms with Gasteiger partial charge in [-0.15, -0.1) is 0 Å². The highest BCUT2D eigenvalue weighted by atomic mass is 32.2. The van der Waals surface area contributed by atoms with E-state index in [1.54, 1.807) is 24.3 Å². The predicted octanol–water partition coefficient (Wildman–Crippen LogP) is 3.62. The van der Waals surface area contributed by atoms with E-state index in [0.29, 0.717) is 24.4 Å². The van der Waals surface area contributed by atoms with Crippen LogP contribution in [0.3, 0.4) is 0 Å². The van der Waals surface area contributed by atoms with Crippen LogP contribution in [0.25, 0.3) is 0 Å². The van der Waals surface area contributed by atoms with Crippen molar-refractivity contribution < 1.29 is 19.1 Å². The molecular formula is C26H30N4O4S. The molecule has 0 aliphatic carbocycles. The lowest BCUT2D eigenvalue weighted by Crippen LogP contribution is -2.33. The molecule has 2 heterocycles. The van der Waals surface area contributed by atoms with Crippen molar-refractivity contribution in [1.29, 1.82) is 0 Å². The van der Waals surface area contributed by atoms with E-state index in [1.165, 1.54) is 18.2 Å². The number of likely N-dealkylation sites (tertiary alicyclic amines) is 1. The van der Waals surface area contributed by atoms with Crippen molar-refractivity contribution in [3.8, 4) is 5.75 Å². The molecule has 1 fully saturated rings. The molecule has 2 aliphatic rings. The fourth-order valence-corrected chi connectivity index (χ4v) is 5.07. The Hall–Kier alpha value is -3.33. The third-order valence-corrected chi connectivity index (χ3v) is 7.02. The van der Waals surface area contributed by atoms with Gasteiger partial charge in [-0.3, -0.25) is 14.4 Å². The van der Waals surface area contributed by atoms with E-state index in [-0.39, 0.29) is 24.1 Å². The number of hydrogen-bond acceptors (Lipinski definition) is 6. The molecule has 2 N–H and O–H groups in total. The lowest BCUT2D eigenvalue weighted by molar-refractivity contribution is -0.121. The van der Waals surface area contributed by atoms with Gasteiger partial charge in [-0.05, 0) is 68.1 Å². The second-order valence-electron chi connectivity index (χ2n) is 8.64. The minimum absolute atomic E-state index is 0.0630. The van der Waals surface area contributed by atoms with E-state index in [2.05, 4.69) is 20.5 Å². The molecule has 2 aromatic carbocycles. The van der Waals surface area contributed by atoms with Gasteiger partial charge in [0.05, 0.1) is 6.54 Å². The first kappa shape index (κ1) is 24.8.